The Kier molecular flexibility index (Phi) is 5.06. The second kappa shape index (κ2) is 7.07. The van der Waals surface area contributed by atoms with Crippen LogP contribution in [0.4, 0.5) is 0 Å². The molecule has 2 aromatic heterocycles. The predicted octanol–water partition coefficient (Wildman–Crippen LogP) is 2.20. The minimum absolute atomic E-state index is 0.294. The highest BCUT2D eigenvalue weighted by Crippen LogP contribution is 2.30. The summed E-state index contributed by atoms with van der Waals surface area (Å²) in [6.07, 6.45) is 5.20. The molecular weight excluding hydrogens is 302 g/mol. The smallest absolute Gasteiger partial charge is 0.137 e. The second-order valence-corrected chi connectivity index (χ2v) is 6.92. The van der Waals surface area contributed by atoms with Crippen LogP contribution >= 0.6 is 0 Å². The first-order chi connectivity index (χ1) is 11.5. The molecule has 0 amide bonds. The van der Waals surface area contributed by atoms with E-state index in [1.807, 2.05) is 17.8 Å². The van der Waals surface area contributed by atoms with Crippen LogP contribution in [0.25, 0.3) is 0 Å². The maximum atomic E-state index is 10.6. The molecule has 6 heteroatoms. The number of hydrogen-bond donors (Lipinski definition) is 1. The van der Waals surface area contributed by atoms with Gasteiger partial charge in [-0.25, -0.2) is 4.98 Å². The van der Waals surface area contributed by atoms with Crippen LogP contribution in [0.15, 0.2) is 12.4 Å². The minimum Gasteiger partial charge on any atom is -0.385 e. The molecule has 1 fully saturated rings. The van der Waals surface area contributed by atoms with Crippen molar-refractivity contribution in [1.82, 2.24) is 24.2 Å². The molecule has 1 N–H and O–H groups in total. The first kappa shape index (κ1) is 17.2. The van der Waals surface area contributed by atoms with Crippen LogP contribution in [0.1, 0.15) is 48.6 Å². The summed E-state index contributed by atoms with van der Waals surface area (Å²) >= 11 is 0. The number of hydrogen-bond acceptors (Lipinski definition) is 4. The van der Waals surface area contributed by atoms with E-state index in [0.717, 1.165) is 50.5 Å². The van der Waals surface area contributed by atoms with Crippen LogP contribution < -0.4 is 0 Å². The number of aromatic nitrogens is 4. The zero-order valence-electron chi connectivity index (χ0n) is 15.2. The highest BCUT2D eigenvalue weighted by Gasteiger charge is 2.29. The van der Waals surface area contributed by atoms with Gasteiger partial charge in [0.2, 0.25) is 0 Å². The molecule has 3 heterocycles. The lowest BCUT2D eigenvalue weighted by Gasteiger charge is -2.34. The lowest BCUT2D eigenvalue weighted by Crippen LogP contribution is -2.35. The number of rotatable bonds is 5. The van der Waals surface area contributed by atoms with Crippen molar-refractivity contribution < 1.29 is 5.11 Å². The molecule has 1 aliphatic rings. The van der Waals surface area contributed by atoms with Gasteiger partial charge in [0, 0.05) is 43.8 Å². The Balaban J connectivity index is 1.60. The molecule has 0 spiro atoms. The second-order valence-electron chi connectivity index (χ2n) is 6.92. The van der Waals surface area contributed by atoms with Crippen LogP contribution in [-0.4, -0.2) is 42.4 Å². The van der Waals surface area contributed by atoms with Gasteiger partial charge >= 0.3 is 0 Å². The van der Waals surface area contributed by atoms with Gasteiger partial charge in [-0.1, -0.05) is 0 Å². The Morgan fingerprint density at radius 3 is 2.54 bits per heavy atom. The molecule has 0 bridgehead atoms. The molecule has 3 rings (SSSR count). The van der Waals surface area contributed by atoms with Crippen LogP contribution in [0.5, 0.6) is 0 Å². The zero-order chi connectivity index (χ0) is 17.3. The lowest BCUT2D eigenvalue weighted by atomic mass is 9.90. The predicted molar refractivity (Wildman–Crippen MR) is 93.5 cm³/mol. The molecule has 0 radical (unpaired) electrons. The Morgan fingerprint density at radius 1 is 1.29 bits per heavy atom. The third-order valence-corrected chi connectivity index (χ3v) is 5.41. The largest absolute Gasteiger partial charge is 0.385 e. The van der Waals surface area contributed by atoms with Gasteiger partial charge in [0.1, 0.15) is 11.9 Å². The average molecular weight is 331 g/mol. The fourth-order valence-corrected chi connectivity index (χ4v) is 3.79. The van der Waals surface area contributed by atoms with Gasteiger partial charge in [-0.2, -0.15) is 5.10 Å². The third-order valence-electron chi connectivity index (χ3n) is 5.41. The number of aryl methyl sites for hydroxylation is 3. The topological polar surface area (TPSA) is 59.1 Å². The summed E-state index contributed by atoms with van der Waals surface area (Å²) in [7, 11) is 1.94. The van der Waals surface area contributed by atoms with Gasteiger partial charge < -0.3 is 9.67 Å². The highest BCUT2D eigenvalue weighted by atomic mass is 16.3. The molecule has 0 saturated carbocycles. The van der Waals surface area contributed by atoms with Gasteiger partial charge in [0.15, 0.2) is 0 Å². The molecule has 6 nitrogen and oxygen atoms in total. The van der Waals surface area contributed by atoms with Crippen LogP contribution in [0, 0.1) is 19.8 Å². The Labute approximate surface area is 144 Å². The standard InChI is InChI=1S/C18H29N5O/c1-5-23-14(3)16(13(2)20-23)12-22-9-6-15(7-10-22)17(24)18-19-8-11-21(18)4/h8,11,15,17,24H,5-7,9-10,12H2,1-4H3. The minimum atomic E-state index is -0.460. The summed E-state index contributed by atoms with van der Waals surface area (Å²) in [5.74, 6) is 1.08. The van der Waals surface area contributed by atoms with Crippen molar-refractivity contribution in [3.05, 3.63) is 35.2 Å². The molecule has 0 aromatic carbocycles. The van der Waals surface area contributed by atoms with E-state index in [1.54, 1.807) is 6.20 Å². The Hall–Kier alpha value is -1.66. The molecule has 1 saturated heterocycles. The molecule has 1 atom stereocenters. The van der Waals surface area contributed by atoms with E-state index >= 15 is 0 Å². The monoisotopic (exact) mass is 331 g/mol. The normalized spacial score (nSPS) is 18.2. The van der Waals surface area contributed by atoms with E-state index < -0.39 is 6.10 Å². The summed E-state index contributed by atoms with van der Waals surface area (Å²) in [4.78, 5) is 6.79. The van der Waals surface area contributed by atoms with Gasteiger partial charge in [-0.05, 0) is 52.6 Å². The van der Waals surface area contributed by atoms with E-state index in [1.165, 1.54) is 11.3 Å². The maximum absolute atomic E-state index is 10.6. The lowest BCUT2D eigenvalue weighted by molar-refractivity contribution is 0.0491. The van der Waals surface area contributed by atoms with Crippen molar-refractivity contribution in [3.63, 3.8) is 0 Å². The number of likely N-dealkylation sites (tertiary alicyclic amines) is 1. The Bertz CT molecular complexity index is 682. The number of aliphatic hydroxyl groups excluding tert-OH is 1. The van der Waals surface area contributed by atoms with E-state index in [2.05, 4.69) is 40.4 Å². The number of aliphatic hydroxyl groups is 1. The van der Waals surface area contributed by atoms with Gasteiger partial charge in [-0.15, -0.1) is 0 Å². The first-order valence-corrected chi connectivity index (χ1v) is 8.91. The molecule has 0 aliphatic carbocycles. The van der Waals surface area contributed by atoms with Gasteiger partial charge in [0.05, 0.1) is 5.69 Å². The summed E-state index contributed by atoms with van der Waals surface area (Å²) in [5, 5.41) is 15.2. The first-order valence-electron chi connectivity index (χ1n) is 8.91. The van der Waals surface area contributed by atoms with Crippen molar-refractivity contribution in [3.8, 4) is 0 Å². The van der Waals surface area contributed by atoms with Crippen molar-refractivity contribution >= 4 is 0 Å². The van der Waals surface area contributed by atoms with E-state index in [4.69, 9.17) is 0 Å². The molecule has 24 heavy (non-hydrogen) atoms. The molecule has 132 valence electrons. The third kappa shape index (κ3) is 3.26. The summed E-state index contributed by atoms with van der Waals surface area (Å²) in [6.45, 7) is 10.3. The molecule has 1 aliphatic heterocycles. The molecule has 1 unspecified atom stereocenters. The average Bonchev–Trinajstić information content (AvgIpc) is 3.13. The van der Waals surface area contributed by atoms with Crippen molar-refractivity contribution in [1.29, 1.82) is 0 Å². The molecular formula is C18H29N5O. The SMILES string of the molecule is CCn1nc(C)c(CN2CCC(C(O)c3nccn3C)CC2)c1C. The number of piperidine rings is 1. The van der Waals surface area contributed by atoms with Crippen molar-refractivity contribution in [2.45, 2.75) is 52.8 Å². The fraction of sp³-hybridized carbons (Fsp3) is 0.667. The number of imidazole rings is 1. The summed E-state index contributed by atoms with van der Waals surface area (Å²) < 4.78 is 4.01. The summed E-state index contributed by atoms with van der Waals surface area (Å²) in [5.41, 5.74) is 3.79. The van der Waals surface area contributed by atoms with Crippen LogP contribution in [-0.2, 0) is 20.1 Å². The van der Waals surface area contributed by atoms with E-state index in [9.17, 15) is 5.11 Å². The molecule has 2 aromatic rings. The van der Waals surface area contributed by atoms with Crippen molar-refractivity contribution in [2.24, 2.45) is 13.0 Å². The highest BCUT2D eigenvalue weighted by molar-refractivity contribution is 5.24. The summed E-state index contributed by atoms with van der Waals surface area (Å²) in [6, 6.07) is 0. The van der Waals surface area contributed by atoms with Gasteiger partial charge in [0.25, 0.3) is 0 Å². The zero-order valence-corrected chi connectivity index (χ0v) is 15.2. The number of nitrogens with zero attached hydrogens (tertiary/aromatic N) is 5. The Morgan fingerprint density at radius 2 is 2.00 bits per heavy atom. The van der Waals surface area contributed by atoms with Crippen molar-refractivity contribution in [2.75, 3.05) is 13.1 Å². The van der Waals surface area contributed by atoms with E-state index in [-0.39, 0.29) is 0 Å². The van der Waals surface area contributed by atoms with Gasteiger partial charge in [-0.3, -0.25) is 9.58 Å². The van der Waals surface area contributed by atoms with E-state index in [0.29, 0.717) is 5.92 Å². The quantitative estimate of drug-likeness (QED) is 0.912. The fourth-order valence-electron chi connectivity index (χ4n) is 3.79. The van der Waals surface area contributed by atoms with Crippen LogP contribution in [0.3, 0.4) is 0 Å². The van der Waals surface area contributed by atoms with Crippen LogP contribution in [0.2, 0.25) is 0 Å². The maximum Gasteiger partial charge on any atom is 0.137 e.